The summed E-state index contributed by atoms with van der Waals surface area (Å²) < 4.78 is 6.55. The first-order valence-corrected chi connectivity index (χ1v) is 7.85. The van der Waals surface area contributed by atoms with Crippen LogP contribution in [0.2, 0.25) is 0 Å². The smallest absolute Gasteiger partial charge is 0.228 e. The van der Waals surface area contributed by atoms with Gasteiger partial charge < -0.3 is 9.73 Å². The molecule has 0 aliphatic carbocycles. The number of hydrogen-bond donors (Lipinski definition) is 1. The van der Waals surface area contributed by atoms with Gasteiger partial charge in [-0.05, 0) is 61.4 Å². The molecule has 4 heteroatoms. The number of nitrogens with one attached hydrogen (secondary N) is 1. The number of halogens is 1. The Morgan fingerprint density at radius 1 is 1.14 bits per heavy atom. The maximum Gasteiger partial charge on any atom is 0.228 e. The highest BCUT2D eigenvalue weighted by Gasteiger charge is 2.12. The molecule has 0 saturated carbocycles. The maximum atomic E-state index is 12.2. The first-order chi connectivity index (χ1) is 10.5. The molecule has 0 radical (unpaired) electrons. The van der Waals surface area contributed by atoms with Crippen LogP contribution in [0.1, 0.15) is 16.7 Å². The second-order valence-electron chi connectivity index (χ2n) is 5.43. The molecule has 1 amide bonds. The maximum absolute atomic E-state index is 12.2. The summed E-state index contributed by atoms with van der Waals surface area (Å²) in [6, 6.07) is 11.6. The van der Waals surface area contributed by atoms with Gasteiger partial charge in [0.2, 0.25) is 5.91 Å². The summed E-state index contributed by atoms with van der Waals surface area (Å²) in [7, 11) is 0. The third kappa shape index (κ3) is 3.07. The molecule has 3 aromatic rings. The molecule has 112 valence electrons. The van der Waals surface area contributed by atoms with Crippen LogP contribution in [0.4, 0.5) is 5.69 Å². The van der Waals surface area contributed by atoms with Gasteiger partial charge in [0.1, 0.15) is 5.58 Å². The fraction of sp³-hybridized carbons (Fsp3) is 0.167. The predicted octanol–water partition coefficient (Wildman–Crippen LogP) is 4.99. The van der Waals surface area contributed by atoms with Crippen molar-refractivity contribution in [1.29, 1.82) is 0 Å². The standard InChI is InChI=1S/C18H16BrNO2/c1-11-7-16-13(10-22-17(16)8-12(11)2)9-18(21)20-15-5-3-14(19)4-6-15/h3-8,10H,9H2,1-2H3,(H,20,21). The number of fused-ring (bicyclic) bond motifs is 1. The molecule has 0 bridgehead atoms. The molecule has 3 nitrogen and oxygen atoms in total. The molecule has 0 fully saturated rings. The first kappa shape index (κ1) is 14.9. The fourth-order valence-electron chi connectivity index (χ4n) is 2.38. The Morgan fingerprint density at radius 2 is 1.82 bits per heavy atom. The molecule has 1 heterocycles. The molecule has 2 aromatic carbocycles. The van der Waals surface area contributed by atoms with E-state index in [0.29, 0.717) is 6.42 Å². The number of benzene rings is 2. The Bertz CT molecular complexity index is 834. The van der Waals surface area contributed by atoms with Gasteiger partial charge in [-0.2, -0.15) is 0 Å². The van der Waals surface area contributed by atoms with E-state index in [4.69, 9.17) is 4.42 Å². The molecule has 0 saturated heterocycles. The van der Waals surface area contributed by atoms with Gasteiger partial charge in [0, 0.05) is 21.1 Å². The van der Waals surface area contributed by atoms with E-state index in [1.54, 1.807) is 6.26 Å². The minimum atomic E-state index is -0.0525. The SMILES string of the molecule is Cc1cc2occ(CC(=O)Nc3ccc(Br)cc3)c2cc1C. The van der Waals surface area contributed by atoms with E-state index < -0.39 is 0 Å². The minimum Gasteiger partial charge on any atom is -0.464 e. The van der Waals surface area contributed by atoms with E-state index in [1.165, 1.54) is 11.1 Å². The van der Waals surface area contributed by atoms with Gasteiger partial charge in [0.15, 0.2) is 0 Å². The number of aryl methyl sites for hydroxylation is 2. The molecule has 0 aliphatic rings. The predicted molar refractivity (Wildman–Crippen MR) is 92.2 cm³/mol. The Morgan fingerprint density at radius 3 is 2.55 bits per heavy atom. The second kappa shape index (κ2) is 5.97. The van der Waals surface area contributed by atoms with E-state index in [1.807, 2.05) is 30.3 Å². The van der Waals surface area contributed by atoms with Crippen LogP contribution in [-0.2, 0) is 11.2 Å². The lowest BCUT2D eigenvalue weighted by molar-refractivity contribution is -0.115. The van der Waals surface area contributed by atoms with Crippen molar-refractivity contribution >= 4 is 38.5 Å². The van der Waals surface area contributed by atoms with E-state index in [-0.39, 0.29) is 5.91 Å². The minimum absolute atomic E-state index is 0.0525. The van der Waals surface area contributed by atoms with E-state index in [0.717, 1.165) is 26.7 Å². The van der Waals surface area contributed by atoms with E-state index >= 15 is 0 Å². The summed E-state index contributed by atoms with van der Waals surface area (Å²) >= 11 is 3.37. The second-order valence-corrected chi connectivity index (χ2v) is 6.34. The molecule has 3 rings (SSSR count). The highest BCUT2D eigenvalue weighted by molar-refractivity contribution is 9.10. The number of rotatable bonds is 3. The Balaban J connectivity index is 1.79. The number of furan rings is 1. The van der Waals surface area contributed by atoms with Crippen molar-refractivity contribution in [3.63, 3.8) is 0 Å². The van der Waals surface area contributed by atoms with Crippen LogP contribution in [0.25, 0.3) is 11.0 Å². The van der Waals surface area contributed by atoms with Crippen molar-refractivity contribution in [2.75, 3.05) is 5.32 Å². The topological polar surface area (TPSA) is 42.2 Å². The zero-order valence-corrected chi connectivity index (χ0v) is 14.0. The molecule has 0 unspecified atom stereocenters. The number of amides is 1. The van der Waals surface area contributed by atoms with Crippen LogP contribution >= 0.6 is 15.9 Å². The largest absolute Gasteiger partial charge is 0.464 e. The fourth-order valence-corrected chi connectivity index (χ4v) is 2.65. The molecule has 1 N–H and O–H groups in total. The van der Waals surface area contributed by atoms with Crippen molar-refractivity contribution in [3.8, 4) is 0 Å². The third-order valence-corrected chi connectivity index (χ3v) is 4.28. The Labute approximate surface area is 137 Å². The normalized spacial score (nSPS) is 10.9. The van der Waals surface area contributed by atoms with Crippen molar-refractivity contribution in [2.45, 2.75) is 20.3 Å². The van der Waals surface area contributed by atoms with Gasteiger partial charge in [-0.3, -0.25) is 4.79 Å². The molecule has 1 aromatic heterocycles. The Kier molecular flexibility index (Phi) is 4.03. The summed E-state index contributed by atoms with van der Waals surface area (Å²) in [6.07, 6.45) is 1.97. The molecule has 0 spiro atoms. The van der Waals surface area contributed by atoms with Crippen molar-refractivity contribution in [1.82, 2.24) is 0 Å². The van der Waals surface area contributed by atoms with E-state index in [9.17, 15) is 4.79 Å². The third-order valence-electron chi connectivity index (χ3n) is 3.75. The van der Waals surface area contributed by atoms with Crippen LogP contribution in [0.15, 0.2) is 51.6 Å². The lowest BCUT2D eigenvalue weighted by Crippen LogP contribution is -2.14. The molecule has 0 aliphatic heterocycles. The molecule has 22 heavy (non-hydrogen) atoms. The first-order valence-electron chi connectivity index (χ1n) is 7.05. The van der Waals surface area contributed by atoms with Crippen molar-refractivity contribution < 1.29 is 9.21 Å². The molecule has 0 atom stereocenters. The number of carbonyl (C=O) groups excluding carboxylic acids is 1. The summed E-state index contributed by atoms with van der Waals surface area (Å²) in [5.41, 5.74) is 4.91. The van der Waals surface area contributed by atoms with Crippen LogP contribution in [0.5, 0.6) is 0 Å². The number of hydrogen-bond acceptors (Lipinski definition) is 2. The number of carbonyl (C=O) groups is 1. The lowest BCUT2D eigenvalue weighted by atomic mass is 10.0. The summed E-state index contributed by atoms with van der Waals surface area (Å²) in [5, 5.41) is 3.91. The quantitative estimate of drug-likeness (QED) is 0.716. The summed E-state index contributed by atoms with van der Waals surface area (Å²) in [5.74, 6) is -0.0525. The van der Waals surface area contributed by atoms with Crippen molar-refractivity contribution in [3.05, 3.63) is 63.8 Å². The summed E-state index contributed by atoms with van der Waals surface area (Å²) in [4.78, 5) is 12.2. The average molecular weight is 358 g/mol. The highest BCUT2D eigenvalue weighted by Crippen LogP contribution is 2.25. The van der Waals surface area contributed by atoms with Crippen molar-refractivity contribution in [2.24, 2.45) is 0 Å². The van der Waals surface area contributed by atoms with Gasteiger partial charge in [-0.1, -0.05) is 15.9 Å². The zero-order valence-electron chi connectivity index (χ0n) is 12.4. The van der Waals surface area contributed by atoms with Crippen LogP contribution in [-0.4, -0.2) is 5.91 Å². The summed E-state index contributed by atoms with van der Waals surface area (Å²) in [6.45, 7) is 4.12. The average Bonchev–Trinajstić information content (AvgIpc) is 2.84. The molecular formula is C18H16BrNO2. The lowest BCUT2D eigenvalue weighted by Gasteiger charge is -2.05. The van der Waals surface area contributed by atoms with Crippen LogP contribution in [0, 0.1) is 13.8 Å². The van der Waals surface area contributed by atoms with Gasteiger partial charge >= 0.3 is 0 Å². The van der Waals surface area contributed by atoms with Gasteiger partial charge in [0.25, 0.3) is 0 Å². The number of anilines is 1. The molecular weight excluding hydrogens is 342 g/mol. The van der Waals surface area contributed by atoms with Crippen LogP contribution < -0.4 is 5.32 Å². The van der Waals surface area contributed by atoms with Gasteiger partial charge in [-0.25, -0.2) is 0 Å². The Hall–Kier alpha value is -2.07. The highest BCUT2D eigenvalue weighted by atomic mass is 79.9. The van der Waals surface area contributed by atoms with E-state index in [2.05, 4.69) is 41.2 Å². The van der Waals surface area contributed by atoms with Crippen LogP contribution in [0.3, 0.4) is 0 Å². The monoisotopic (exact) mass is 357 g/mol. The van der Waals surface area contributed by atoms with Gasteiger partial charge in [0.05, 0.1) is 12.7 Å². The zero-order chi connectivity index (χ0) is 15.7. The van der Waals surface area contributed by atoms with Gasteiger partial charge in [-0.15, -0.1) is 0 Å².